The van der Waals surface area contributed by atoms with Crippen LogP contribution >= 0.6 is 0 Å². The molecule has 1 N–H and O–H groups in total. The van der Waals surface area contributed by atoms with E-state index in [1.54, 1.807) is 0 Å². The maximum Gasteiger partial charge on any atom is 0.0555 e. The quantitative estimate of drug-likeness (QED) is 0.817. The summed E-state index contributed by atoms with van der Waals surface area (Å²) in [5.41, 5.74) is 5.62. The van der Waals surface area contributed by atoms with Gasteiger partial charge in [-0.2, -0.15) is 0 Å². The van der Waals surface area contributed by atoms with Crippen LogP contribution < -0.4 is 5.32 Å². The molecule has 2 atom stereocenters. The number of benzene rings is 2. The number of anilines is 1. The first-order chi connectivity index (χ1) is 9.28. The Morgan fingerprint density at radius 3 is 2.68 bits per heavy atom. The summed E-state index contributed by atoms with van der Waals surface area (Å²) >= 11 is 0. The Hall–Kier alpha value is -1.76. The van der Waals surface area contributed by atoms with Crippen LogP contribution in [0.5, 0.6) is 0 Å². The number of rotatable bonds is 3. The smallest absolute Gasteiger partial charge is 0.0555 e. The molecule has 1 aliphatic heterocycles. The second kappa shape index (κ2) is 5.08. The van der Waals surface area contributed by atoms with Crippen LogP contribution in [0.2, 0.25) is 0 Å². The third-order valence-corrected chi connectivity index (χ3v) is 4.27. The van der Waals surface area contributed by atoms with Gasteiger partial charge < -0.3 is 5.32 Å². The van der Waals surface area contributed by atoms with E-state index in [4.69, 9.17) is 0 Å². The summed E-state index contributed by atoms with van der Waals surface area (Å²) < 4.78 is 0. The molecule has 0 saturated heterocycles. The van der Waals surface area contributed by atoms with Crippen LogP contribution in [0.1, 0.15) is 48.9 Å². The first-order valence-corrected chi connectivity index (χ1v) is 7.22. The lowest BCUT2D eigenvalue weighted by molar-refractivity contribution is 0.732. The predicted octanol–water partition coefficient (Wildman–Crippen LogP) is 4.91. The Morgan fingerprint density at radius 1 is 1.16 bits per heavy atom. The van der Waals surface area contributed by atoms with Crippen molar-refractivity contribution >= 4 is 5.69 Å². The third-order valence-electron chi connectivity index (χ3n) is 4.27. The molecule has 0 aliphatic carbocycles. The minimum atomic E-state index is 0.434. The molecule has 0 saturated carbocycles. The van der Waals surface area contributed by atoms with Crippen molar-refractivity contribution in [2.75, 3.05) is 5.32 Å². The van der Waals surface area contributed by atoms with Gasteiger partial charge in [0.05, 0.1) is 6.04 Å². The van der Waals surface area contributed by atoms with Crippen molar-refractivity contribution in [1.29, 1.82) is 0 Å². The van der Waals surface area contributed by atoms with E-state index in [9.17, 15) is 0 Å². The number of nitrogens with one attached hydrogen (secondary N) is 1. The van der Waals surface area contributed by atoms with Crippen molar-refractivity contribution in [3.63, 3.8) is 0 Å². The summed E-state index contributed by atoms with van der Waals surface area (Å²) in [5.74, 6) is 0.654. The van der Waals surface area contributed by atoms with E-state index in [1.165, 1.54) is 28.8 Å². The minimum absolute atomic E-state index is 0.434. The van der Waals surface area contributed by atoms with E-state index in [0.29, 0.717) is 12.0 Å². The predicted molar refractivity (Wildman–Crippen MR) is 81.7 cm³/mol. The summed E-state index contributed by atoms with van der Waals surface area (Å²) in [4.78, 5) is 0. The number of hydrogen-bond donors (Lipinski definition) is 1. The second-order valence-corrected chi connectivity index (χ2v) is 5.54. The topological polar surface area (TPSA) is 12.0 Å². The molecule has 2 aromatic carbocycles. The lowest BCUT2D eigenvalue weighted by Crippen LogP contribution is -2.04. The molecule has 0 radical (unpaired) electrons. The first-order valence-electron chi connectivity index (χ1n) is 7.22. The molecule has 0 fully saturated rings. The van der Waals surface area contributed by atoms with Crippen LogP contribution in [0.3, 0.4) is 0 Å². The highest BCUT2D eigenvalue weighted by Crippen LogP contribution is 2.36. The zero-order valence-electron chi connectivity index (χ0n) is 11.7. The lowest BCUT2D eigenvalue weighted by Gasteiger charge is -2.11. The lowest BCUT2D eigenvalue weighted by atomic mass is 9.95. The van der Waals surface area contributed by atoms with Gasteiger partial charge in [-0.15, -0.1) is 0 Å². The molecular weight excluding hydrogens is 230 g/mol. The van der Waals surface area contributed by atoms with E-state index >= 15 is 0 Å². The van der Waals surface area contributed by atoms with Crippen LogP contribution in [-0.4, -0.2) is 0 Å². The summed E-state index contributed by atoms with van der Waals surface area (Å²) in [6.45, 7) is 4.56. The van der Waals surface area contributed by atoms with E-state index in [-0.39, 0.29) is 0 Å². The van der Waals surface area contributed by atoms with Crippen LogP contribution in [0.25, 0.3) is 0 Å². The van der Waals surface area contributed by atoms with Crippen molar-refractivity contribution in [2.24, 2.45) is 0 Å². The molecule has 1 heterocycles. The van der Waals surface area contributed by atoms with E-state index in [0.717, 1.165) is 6.42 Å². The minimum Gasteiger partial charge on any atom is -0.378 e. The average Bonchev–Trinajstić information content (AvgIpc) is 2.90. The van der Waals surface area contributed by atoms with Crippen molar-refractivity contribution in [3.8, 4) is 0 Å². The van der Waals surface area contributed by atoms with Gasteiger partial charge in [-0.1, -0.05) is 56.3 Å². The average molecular weight is 251 g/mol. The maximum absolute atomic E-state index is 3.63. The molecule has 0 bridgehead atoms. The summed E-state index contributed by atoms with van der Waals surface area (Å²) in [7, 11) is 0. The van der Waals surface area contributed by atoms with Gasteiger partial charge in [0.15, 0.2) is 0 Å². The molecule has 98 valence electrons. The van der Waals surface area contributed by atoms with Gasteiger partial charge in [-0.05, 0) is 41.5 Å². The maximum atomic E-state index is 3.63. The van der Waals surface area contributed by atoms with Crippen molar-refractivity contribution in [3.05, 3.63) is 65.2 Å². The highest BCUT2D eigenvalue weighted by atomic mass is 14.9. The monoisotopic (exact) mass is 251 g/mol. The summed E-state index contributed by atoms with van der Waals surface area (Å²) in [6, 6.07) is 18.1. The highest BCUT2D eigenvalue weighted by Gasteiger charge is 2.22. The van der Waals surface area contributed by atoms with E-state index in [1.807, 2.05) is 0 Å². The van der Waals surface area contributed by atoms with Gasteiger partial charge in [0.25, 0.3) is 0 Å². The summed E-state index contributed by atoms with van der Waals surface area (Å²) in [6.07, 6.45) is 2.30. The largest absolute Gasteiger partial charge is 0.378 e. The highest BCUT2D eigenvalue weighted by molar-refractivity contribution is 5.59. The molecular formula is C18H21N. The molecule has 19 heavy (non-hydrogen) atoms. The molecule has 1 aliphatic rings. The zero-order chi connectivity index (χ0) is 13.2. The van der Waals surface area contributed by atoms with Crippen molar-refractivity contribution in [2.45, 2.75) is 38.6 Å². The normalized spacial score (nSPS) is 18.7. The van der Waals surface area contributed by atoms with Gasteiger partial charge >= 0.3 is 0 Å². The fraction of sp³-hybridized carbons (Fsp3) is 0.333. The Bertz CT molecular complexity index is 559. The fourth-order valence-corrected chi connectivity index (χ4v) is 2.81. The number of hydrogen-bond acceptors (Lipinski definition) is 1. The first kappa shape index (κ1) is 12.3. The fourth-order valence-electron chi connectivity index (χ4n) is 2.81. The molecule has 0 spiro atoms. The Kier molecular flexibility index (Phi) is 3.29. The van der Waals surface area contributed by atoms with Gasteiger partial charge in [-0.3, -0.25) is 0 Å². The molecule has 2 unspecified atom stereocenters. The standard InChI is InChI=1S/C18H21N/c1-3-13(2)15-9-10-17-16(11-15)12-18(19-17)14-7-5-4-6-8-14/h4-11,13,18-19H,3,12H2,1-2H3. The molecule has 1 heteroatoms. The van der Waals surface area contributed by atoms with E-state index in [2.05, 4.69) is 67.7 Å². The van der Waals surface area contributed by atoms with Crippen LogP contribution in [0, 0.1) is 0 Å². The molecule has 0 aromatic heterocycles. The molecule has 3 rings (SSSR count). The summed E-state index contributed by atoms with van der Waals surface area (Å²) in [5, 5.41) is 3.63. The second-order valence-electron chi connectivity index (χ2n) is 5.54. The van der Waals surface area contributed by atoms with Gasteiger partial charge in [0.1, 0.15) is 0 Å². The Labute approximate surface area is 115 Å². The van der Waals surface area contributed by atoms with Crippen molar-refractivity contribution < 1.29 is 0 Å². The SMILES string of the molecule is CCC(C)c1ccc2c(c1)CC(c1ccccc1)N2. The van der Waals surface area contributed by atoms with Crippen LogP contribution in [-0.2, 0) is 6.42 Å². The van der Waals surface area contributed by atoms with Crippen LogP contribution in [0.15, 0.2) is 48.5 Å². The van der Waals surface area contributed by atoms with Gasteiger partial charge in [0.2, 0.25) is 0 Å². The molecule has 0 amide bonds. The molecule has 2 aromatic rings. The third kappa shape index (κ3) is 2.37. The van der Waals surface area contributed by atoms with E-state index < -0.39 is 0 Å². The number of fused-ring (bicyclic) bond motifs is 1. The van der Waals surface area contributed by atoms with Crippen LogP contribution in [0.4, 0.5) is 5.69 Å². The Morgan fingerprint density at radius 2 is 1.95 bits per heavy atom. The molecule has 1 nitrogen and oxygen atoms in total. The van der Waals surface area contributed by atoms with Gasteiger partial charge in [-0.25, -0.2) is 0 Å². The van der Waals surface area contributed by atoms with Crippen molar-refractivity contribution in [1.82, 2.24) is 0 Å². The zero-order valence-corrected chi connectivity index (χ0v) is 11.7. The van der Waals surface area contributed by atoms with Gasteiger partial charge in [0, 0.05) is 5.69 Å². The Balaban J connectivity index is 1.84.